The first-order chi connectivity index (χ1) is 7.54. The topological polar surface area (TPSA) is 65.5 Å². The number of anilines is 1. The van der Waals surface area contributed by atoms with E-state index >= 15 is 0 Å². The van der Waals surface area contributed by atoms with E-state index in [9.17, 15) is 4.79 Å². The summed E-state index contributed by atoms with van der Waals surface area (Å²) in [4.78, 5) is 15.8. The number of aromatic nitrogens is 1. The molecule has 1 amide bonds. The SMILES string of the molecule is CCN(C(=O)O)C(=S)Nc1cc(Br)ccn1. The molecule has 0 bridgehead atoms. The number of carboxylic acid groups (broad SMARTS) is 1. The highest BCUT2D eigenvalue weighted by atomic mass is 79.9. The number of hydrogen-bond acceptors (Lipinski definition) is 3. The molecular weight excluding hydrogens is 294 g/mol. The maximum absolute atomic E-state index is 10.8. The molecule has 0 aliphatic rings. The molecule has 0 fully saturated rings. The molecule has 0 saturated heterocycles. The van der Waals surface area contributed by atoms with Crippen LogP contribution in [0, 0.1) is 0 Å². The number of rotatable bonds is 2. The average Bonchev–Trinajstić information content (AvgIpc) is 2.17. The fourth-order valence-corrected chi connectivity index (χ4v) is 1.66. The normalized spacial score (nSPS) is 9.62. The largest absolute Gasteiger partial charge is 0.465 e. The van der Waals surface area contributed by atoms with Crippen LogP contribution in [0.25, 0.3) is 0 Å². The minimum Gasteiger partial charge on any atom is -0.465 e. The van der Waals surface area contributed by atoms with Crippen LogP contribution in [-0.2, 0) is 0 Å². The molecular formula is C9H10BrN3O2S. The third-order valence-corrected chi connectivity index (χ3v) is 2.56. The van der Waals surface area contributed by atoms with Crippen molar-refractivity contribution in [1.82, 2.24) is 9.88 Å². The van der Waals surface area contributed by atoms with Crippen molar-refractivity contribution in [2.24, 2.45) is 0 Å². The standard InChI is InChI=1S/C9H10BrN3O2S/c1-2-13(9(14)15)8(16)12-7-5-6(10)3-4-11-7/h3-5H,2H2,1H3,(H,14,15)(H,11,12,16). The third kappa shape index (κ3) is 3.42. The summed E-state index contributed by atoms with van der Waals surface area (Å²) < 4.78 is 0.839. The quantitative estimate of drug-likeness (QED) is 0.822. The van der Waals surface area contributed by atoms with Crippen LogP contribution < -0.4 is 5.32 Å². The smallest absolute Gasteiger partial charge is 0.413 e. The minimum absolute atomic E-state index is 0.112. The van der Waals surface area contributed by atoms with Gasteiger partial charge in [-0.2, -0.15) is 0 Å². The Morgan fingerprint density at radius 2 is 2.44 bits per heavy atom. The zero-order chi connectivity index (χ0) is 12.1. The van der Waals surface area contributed by atoms with Gasteiger partial charge in [-0.05, 0) is 31.3 Å². The van der Waals surface area contributed by atoms with E-state index < -0.39 is 6.09 Å². The van der Waals surface area contributed by atoms with Gasteiger partial charge >= 0.3 is 6.09 Å². The summed E-state index contributed by atoms with van der Waals surface area (Å²) in [6.07, 6.45) is 0.501. The van der Waals surface area contributed by atoms with E-state index in [0.29, 0.717) is 5.82 Å². The molecule has 0 unspecified atom stereocenters. The van der Waals surface area contributed by atoms with Crippen LogP contribution >= 0.6 is 28.1 Å². The van der Waals surface area contributed by atoms with Gasteiger partial charge in [0.1, 0.15) is 5.82 Å². The predicted molar refractivity (Wildman–Crippen MR) is 68.6 cm³/mol. The molecule has 86 valence electrons. The Labute approximate surface area is 107 Å². The van der Waals surface area contributed by atoms with Crippen molar-refractivity contribution in [2.45, 2.75) is 6.92 Å². The van der Waals surface area contributed by atoms with E-state index in [1.807, 2.05) is 0 Å². The molecule has 0 saturated carbocycles. The number of hydrogen-bond donors (Lipinski definition) is 2. The molecule has 1 aromatic heterocycles. The number of amides is 1. The first kappa shape index (κ1) is 12.9. The van der Waals surface area contributed by atoms with Gasteiger partial charge in [-0.15, -0.1) is 0 Å². The fourth-order valence-electron chi connectivity index (χ4n) is 1.02. The summed E-state index contributed by atoms with van der Waals surface area (Å²) in [5.74, 6) is 0.499. The molecule has 0 spiro atoms. The van der Waals surface area contributed by atoms with Crippen molar-refractivity contribution in [1.29, 1.82) is 0 Å². The average molecular weight is 304 g/mol. The van der Waals surface area contributed by atoms with Gasteiger partial charge in [0.15, 0.2) is 5.11 Å². The van der Waals surface area contributed by atoms with E-state index in [1.54, 1.807) is 25.3 Å². The number of nitrogens with zero attached hydrogens (tertiary/aromatic N) is 2. The van der Waals surface area contributed by atoms with Crippen molar-refractivity contribution in [3.05, 3.63) is 22.8 Å². The van der Waals surface area contributed by atoms with Crippen LogP contribution in [0.2, 0.25) is 0 Å². The van der Waals surface area contributed by atoms with Crippen LogP contribution in [0.1, 0.15) is 6.92 Å². The van der Waals surface area contributed by atoms with Crippen LogP contribution in [0.5, 0.6) is 0 Å². The lowest BCUT2D eigenvalue weighted by Crippen LogP contribution is -2.38. The Kier molecular flexibility index (Phi) is 4.63. The zero-order valence-corrected chi connectivity index (χ0v) is 10.9. The Bertz CT molecular complexity index is 413. The van der Waals surface area contributed by atoms with Gasteiger partial charge in [0.2, 0.25) is 0 Å². The Hall–Kier alpha value is -1.21. The van der Waals surface area contributed by atoms with E-state index in [2.05, 4.69) is 26.2 Å². The molecule has 0 aliphatic heterocycles. The van der Waals surface area contributed by atoms with Crippen molar-refractivity contribution >= 4 is 45.2 Å². The molecule has 0 atom stereocenters. The Morgan fingerprint density at radius 1 is 1.75 bits per heavy atom. The van der Waals surface area contributed by atoms with Crippen LogP contribution in [0.4, 0.5) is 10.6 Å². The molecule has 1 aromatic rings. The second kappa shape index (κ2) is 5.76. The predicted octanol–water partition coefficient (Wildman–Crippen LogP) is 2.54. The first-order valence-electron chi connectivity index (χ1n) is 4.47. The van der Waals surface area contributed by atoms with E-state index in [4.69, 9.17) is 17.3 Å². The lowest BCUT2D eigenvalue weighted by molar-refractivity contribution is 0.171. The highest BCUT2D eigenvalue weighted by molar-refractivity contribution is 9.10. The molecule has 16 heavy (non-hydrogen) atoms. The lowest BCUT2D eigenvalue weighted by atomic mass is 10.4. The Balaban J connectivity index is 2.74. The van der Waals surface area contributed by atoms with E-state index in [-0.39, 0.29) is 11.7 Å². The summed E-state index contributed by atoms with van der Waals surface area (Å²) in [7, 11) is 0. The number of halogens is 1. The van der Waals surface area contributed by atoms with Crippen molar-refractivity contribution in [3.8, 4) is 0 Å². The van der Waals surface area contributed by atoms with Crippen molar-refractivity contribution in [2.75, 3.05) is 11.9 Å². The highest BCUT2D eigenvalue weighted by Crippen LogP contribution is 2.13. The van der Waals surface area contributed by atoms with Crippen LogP contribution in [0.15, 0.2) is 22.8 Å². The van der Waals surface area contributed by atoms with Gasteiger partial charge in [-0.1, -0.05) is 15.9 Å². The van der Waals surface area contributed by atoms with Crippen molar-refractivity contribution in [3.63, 3.8) is 0 Å². The Morgan fingerprint density at radius 3 is 2.94 bits per heavy atom. The number of pyridine rings is 1. The van der Waals surface area contributed by atoms with Gasteiger partial charge < -0.3 is 10.4 Å². The molecule has 0 aliphatic carbocycles. The van der Waals surface area contributed by atoms with Gasteiger partial charge in [-0.3, -0.25) is 4.90 Å². The summed E-state index contributed by atoms with van der Waals surface area (Å²) in [6, 6.07) is 3.48. The number of thiocarbonyl (C=S) groups is 1. The van der Waals surface area contributed by atoms with Gasteiger partial charge in [0, 0.05) is 17.2 Å². The van der Waals surface area contributed by atoms with E-state index in [1.165, 1.54) is 0 Å². The fraction of sp³-hybridized carbons (Fsp3) is 0.222. The van der Waals surface area contributed by atoms with Gasteiger partial charge in [0.25, 0.3) is 0 Å². The molecule has 7 heteroatoms. The lowest BCUT2D eigenvalue weighted by Gasteiger charge is -2.18. The summed E-state index contributed by atoms with van der Waals surface area (Å²) >= 11 is 8.24. The summed E-state index contributed by atoms with van der Waals surface area (Å²) in [6.45, 7) is 1.99. The summed E-state index contributed by atoms with van der Waals surface area (Å²) in [5.41, 5.74) is 0. The number of carbonyl (C=O) groups is 1. The number of nitrogens with one attached hydrogen (secondary N) is 1. The zero-order valence-electron chi connectivity index (χ0n) is 8.48. The molecule has 1 heterocycles. The summed E-state index contributed by atoms with van der Waals surface area (Å²) in [5, 5.41) is 11.7. The van der Waals surface area contributed by atoms with Gasteiger partial charge in [0.05, 0.1) is 0 Å². The second-order valence-corrected chi connectivity index (χ2v) is 4.12. The van der Waals surface area contributed by atoms with E-state index in [0.717, 1.165) is 9.37 Å². The molecule has 0 aromatic carbocycles. The third-order valence-electron chi connectivity index (χ3n) is 1.75. The minimum atomic E-state index is -1.09. The van der Waals surface area contributed by atoms with Crippen LogP contribution in [0.3, 0.4) is 0 Å². The molecule has 5 nitrogen and oxygen atoms in total. The maximum atomic E-state index is 10.8. The molecule has 1 rings (SSSR count). The molecule has 2 N–H and O–H groups in total. The maximum Gasteiger partial charge on any atom is 0.413 e. The molecule has 0 radical (unpaired) electrons. The second-order valence-electron chi connectivity index (χ2n) is 2.82. The van der Waals surface area contributed by atoms with Gasteiger partial charge in [-0.25, -0.2) is 9.78 Å². The van der Waals surface area contributed by atoms with Crippen molar-refractivity contribution < 1.29 is 9.90 Å². The first-order valence-corrected chi connectivity index (χ1v) is 5.67. The highest BCUT2D eigenvalue weighted by Gasteiger charge is 2.14. The monoisotopic (exact) mass is 303 g/mol. The van der Waals surface area contributed by atoms with Crippen LogP contribution in [-0.4, -0.2) is 32.7 Å².